The highest BCUT2D eigenvalue weighted by atomic mass is 16.5. The largest absolute Gasteiger partial charge is 0.394 e. The minimum absolute atomic E-state index is 0.167. The van der Waals surface area contributed by atoms with Gasteiger partial charge in [-0.05, 0) is 19.3 Å². The molecule has 0 fully saturated rings. The molecule has 0 radical (unpaired) electrons. The van der Waals surface area contributed by atoms with Crippen molar-refractivity contribution in [2.24, 2.45) is 0 Å². The van der Waals surface area contributed by atoms with E-state index in [0.29, 0.717) is 19.6 Å². The highest BCUT2D eigenvalue weighted by Crippen LogP contribution is 2.05. The number of aliphatic hydroxyl groups is 2. The molecule has 0 spiro atoms. The van der Waals surface area contributed by atoms with E-state index in [-0.39, 0.29) is 6.61 Å². The van der Waals surface area contributed by atoms with E-state index in [4.69, 9.17) is 14.6 Å². The molecule has 0 saturated heterocycles. The van der Waals surface area contributed by atoms with E-state index >= 15 is 0 Å². The predicted molar refractivity (Wildman–Crippen MR) is 58.8 cm³/mol. The first-order valence-corrected chi connectivity index (χ1v) is 5.26. The molecule has 0 aliphatic carbocycles. The molecule has 15 heavy (non-hydrogen) atoms. The highest BCUT2D eigenvalue weighted by Gasteiger charge is 2.17. The summed E-state index contributed by atoms with van der Waals surface area (Å²) in [5.74, 6) is 0. The standard InChI is InChI=1S/C11H22O4/c1-3-6-10(13)11(9-12)15-8-5-4-7-14-2/h3,10-13H,1,4-9H2,2H3/t10-,11-/m0/s1. The molecule has 0 rings (SSSR count). The summed E-state index contributed by atoms with van der Waals surface area (Å²) >= 11 is 0. The van der Waals surface area contributed by atoms with Gasteiger partial charge >= 0.3 is 0 Å². The Morgan fingerprint density at radius 2 is 2.00 bits per heavy atom. The minimum Gasteiger partial charge on any atom is -0.394 e. The van der Waals surface area contributed by atoms with E-state index < -0.39 is 12.2 Å². The zero-order valence-corrected chi connectivity index (χ0v) is 9.39. The molecule has 0 aromatic carbocycles. The van der Waals surface area contributed by atoms with Gasteiger partial charge in [0.1, 0.15) is 6.10 Å². The van der Waals surface area contributed by atoms with Gasteiger partial charge in [-0.25, -0.2) is 0 Å². The van der Waals surface area contributed by atoms with Gasteiger partial charge in [0.25, 0.3) is 0 Å². The zero-order chi connectivity index (χ0) is 11.5. The first-order chi connectivity index (χ1) is 7.26. The Balaban J connectivity index is 3.55. The van der Waals surface area contributed by atoms with E-state index in [1.807, 2.05) is 0 Å². The van der Waals surface area contributed by atoms with Crippen molar-refractivity contribution in [1.29, 1.82) is 0 Å². The topological polar surface area (TPSA) is 58.9 Å². The van der Waals surface area contributed by atoms with E-state index in [1.165, 1.54) is 0 Å². The molecule has 0 aromatic heterocycles. The third-order valence-electron chi connectivity index (χ3n) is 2.09. The first kappa shape index (κ1) is 14.6. The lowest BCUT2D eigenvalue weighted by Gasteiger charge is -2.20. The summed E-state index contributed by atoms with van der Waals surface area (Å²) in [6.45, 7) is 4.60. The second-order valence-corrected chi connectivity index (χ2v) is 3.38. The molecule has 4 nitrogen and oxygen atoms in total. The van der Waals surface area contributed by atoms with Crippen molar-refractivity contribution in [3.8, 4) is 0 Å². The predicted octanol–water partition coefficient (Wildman–Crippen LogP) is 0.727. The Morgan fingerprint density at radius 1 is 1.33 bits per heavy atom. The van der Waals surface area contributed by atoms with Crippen molar-refractivity contribution in [2.45, 2.75) is 31.5 Å². The Labute approximate surface area is 91.5 Å². The molecule has 90 valence electrons. The van der Waals surface area contributed by atoms with E-state index in [1.54, 1.807) is 13.2 Å². The van der Waals surface area contributed by atoms with Crippen LogP contribution in [0.5, 0.6) is 0 Å². The van der Waals surface area contributed by atoms with Gasteiger partial charge in [0.05, 0.1) is 12.7 Å². The van der Waals surface area contributed by atoms with Crippen LogP contribution >= 0.6 is 0 Å². The number of unbranched alkanes of at least 4 members (excludes halogenated alkanes) is 1. The minimum atomic E-state index is -0.671. The van der Waals surface area contributed by atoms with Gasteiger partial charge in [-0.3, -0.25) is 0 Å². The summed E-state index contributed by atoms with van der Waals surface area (Å²) in [6.07, 6.45) is 2.66. The summed E-state index contributed by atoms with van der Waals surface area (Å²) in [5.41, 5.74) is 0. The fraction of sp³-hybridized carbons (Fsp3) is 0.818. The SMILES string of the molecule is C=CC[C@H](O)[C@H](CO)OCCCCOC. The smallest absolute Gasteiger partial charge is 0.107 e. The molecule has 0 aliphatic heterocycles. The maximum atomic E-state index is 9.53. The van der Waals surface area contributed by atoms with Crippen LogP contribution < -0.4 is 0 Å². The molecule has 4 heteroatoms. The van der Waals surface area contributed by atoms with E-state index in [2.05, 4.69) is 6.58 Å². The molecule has 0 unspecified atom stereocenters. The van der Waals surface area contributed by atoms with Gasteiger partial charge in [-0.2, -0.15) is 0 Å². The molecule has 0 aliphatic rings. The molecule has 0 heterocycles. The Morgan fingerprint density at radius 3 is 2.53 bits per heavy atom. The number of aliphatic hydroxyl groups excluding tert-OH is 2. The van der Waals surface area contributed by atoms with Crippen LogP contribution in [0, 0.1) is 0 Å². The van der Waals surface area contributed by atoms with Gasteiger partial charge in [-0.15, -0.1) is 6.58 Å². The number of hydrogen-bond acceptors (Lipinski definition) is 4. The van der Waals surface area contributed by atoms with E-state index in [9.17, 15) is 5.11 Å². The van der Waals surface area contributed by atoms with Crippen LogP contribution in [0.3, 0.4) is 0 Å². The van der Waals surface area contributed by atoms with Crippen LogP contribution in [0.4, 0.5) is 0 Å². The zero-order valence-electron chi connectivity index (χ0n) is 9.39. The fourth-order valence-electron chi connectivity index (χ4n) is 1.19. The van der Waals surface area contributed by atoms with Crippen molar-refractivity contribution < 1.29 is 19.7 Å². The second kappa shape index (κ2) is 10.1. The van der Waals surface area contributed by atoms with Gasteiger partial charge in [0, 0.05) is 20.3 Å². The average Bonchev–Trinajstić information content (AvgIpc) is 2.23. The lowest BCUT2D eigenvalue weighted by molar-refractivity contribution is -0.0631. The summed E-state index contributed by atoms with van der Waals surface area (Å²) < 4.78 is 10.2. The summed E-state index contributed by atoms with van der Waals surface area (Å²) in [6, 6.07) is 0. The van der Waals surface area contributed by atoms with Crippen molar-refractivity contribution in [3.05, 3.63) is 12.7 Å². The molecule has 0 aromatic rings. The van der Waals surface area contributed by atoms with Crippen LogP contribution in [-0.4, -0.2) is 49.4 Å². The lowest BCUT2D eigenvalue weighted by Crippen LogP contribution is -2.32. The molecular formula is C11H22O4. The summed E-state index contributed by atoms with van der Waals surface area (Å²) in [5, 5.41) is 18.5. The van der Waals surface area contributed by atoms with Gasteiger partial charge in [0.15, 0.2) is 0 Å². The molecule has 2 atom stereocenters. The van der Waals surface area contributed by atoms with Gasteiger partial charge in [0.2, 0.25) is 0 Å². The number of hydrogen-bond donors (Lipinski definition) is 2. The summed E-state index contributed by atoms with van der Waals surface area (Å²) in [4.78, 5) is 0. The van der Waals surface area contributed by atoms with Gasteiger partial charge in [-0.1, -0.05) is 6.08 Å². The maximum Gasteiger partial charge on any atom is 0.107 e. The first-order valence-electron chi connectivity index (χ1n) is 5.26. The van der Waals surface area contributed by atoms with Crippen molar-refractivity contribution in [1.82, 2.24) is 0 Å². The number of rotatable bonds is 10. The Kier molecular flexibility index (Phi) is 9.83. The molecule has 0 amide bonds. The number of methoxy groups -OCH3 is 1. The highest BCUT2D eigenvalue weighted by molar-refractivity contribution is 4.78. The third kappa shape index (κ3) is 7.50. The normalized spacial score (nSPS) is 14.9. The Bertz CT molecular complexity index is 150. The summed E-state index contributed by atoms with van der Waals surface area (Å²) in [7, 11) is 1.66. The lowest BCUT2D eigenvalue weighted by atomic mass is 10.1. The van der Waals surface area contributed by atoms with Crippen molar-refractivity contribution in [2.75, 3.05) is 26.9 Å². The average molecular weight is 218 g/mol. The Hall–Kier alpha value is -0.420. The molecule has 0 bridgehead atoms. The molecule has 2 N–H and O–H groups in total. The fourth-order valence-corrected chi connectivity index (χ4v) is 1.19. The monoisotopic (exact) mass is 218 g/mol. The quantitative estimate of drug-likeness (QED) is 0.419. The van der Waals surface area contributed by atoms with Crippen LogP contribution in [-0.2, 0) is 9.47 Å². The molecule has 0 saturated carbocycles. The van der Waals surface area contributed by atoms with Crippen molar-refractivity contribution >= 4 is 0 Å². The van der Waals surface area contributed by atoms with E-state index in [0.717, 1.165) is 12.8 Å². The third-order valence-corrected chi connectivity index (χ3v) is 2.09. The van der Waals surface area contributed by atoms with Crippen molar-refractivity contribution in [3.63, 3.8) is 0 Å². The van der Waals surface area contributed by atoms with Crippen LogP contribution in [0.1, 0.15) is 19.3 Å². The van der Waals surface area contributed by atoms with Crippen LogP contribution in [0.2, 0.25) is 0 Å². The maximum absolute atomic E-state index is 9.53. The number of ether oxygens (including phenoxy) is 2. The van der Waals surface area contributed by atoms with Crippen LogP contribution in [0.15, 0.2) is 12.7 Å². The molecular weight excluding hydrogens is 196 g/mol. The van der Waals surface area contributed by atoms with Crippen LogP contribution in [0.25, 0.3) is 0 Å². The second-order valence-electron chi connectivity index (χ2n) is 3.38. The van der Waals surface area contributed by atoms with Gasteiger partial charge < -0.3 is 19.7 Å².